The number of hydrogen-bond donors (Lipinski definition) is 0. The van der Waals surface area contributed by atoms with E-state index < -0.39 is 16.0 Å². The summed E-state index contributed by atoms with van der Waals surface area (Å²) in [5, 5.41) is 0.0759. The average molecular weight is 396 g/mol. The van der Waals surface area contributed by atoms with Crippen LogP contribution >= 0.6 is 11.6 Å². The minimum absolute atomic E-state index is 0.0759. The van der Waals surface area contributed by atoms with E-state index in [0.717, 1.165) is 11.1 Å². The summed E-state index contributed by atoms with van der Waals surface area (Å²) >= 11 is 6.07. The molecule has 0 aliphatic carbocycles. The van der Waals surface area contributed by atoms with Gasteiger partial charge in [-0.15, -0.1) is 0 Å². The molecule has 0 bridgehead atoms. The standard InChI is InChI=1S/C19H22ClNO4S/c1-4-21(5-2)26(23,24)18-12-16(10-11-17(18)20)19(22)25-13-15-8-6-14(3)7-9-15/h6-12H,4-5,13H2,1-3H3. The number of hydrogen-bond acceptors (Lipinski definition) is 4. The molecule has 2 rings (SSSR count). The average Bonchev–Trinajstić information content (AvgIpc) is 2.62. The van der Waals surface area contributed by atoms with Crippen molar-refractivity contribution >= 4 is 27.6 Å². The molecule has 0 spiro atoms. The van der Waals surface area contributed by atoms with Gasteiger partial charge in [-0.3, -0.25) is 0 Å². The molecule has 2 aromatic carbocycles. The number of esters is 1. The highest BCUT2D eigenvalue weighted by atomic mass is 35.5. The van der Waals surface area contributed by atoms with Crippen molar-refractivity contribution in [3.8, 4) is 0 Å². The molecule has 0 radical (unpaired) electrons. The van der Waals surface area contributed by atoms with Crippen LogP contribution in [0.25, 0.3) is 0 Å². The Labute approximate surface area is 159 Å². The summed E-state index contributed by atoms with van der Waals surface area (Å²) in [6.45, 7) is 6.21. The van der Waals surface area contributed by atoms with Gasteiger partial charge in [-0.2, -0.15) is 4.31 Å². The number of carbonyl (C=O) groups excluding carboxylic acids is 1. The highest BCUT2D eigenvalue weighted by Crippen LogP contribution is 2.26. The quantitative estimate of drug-likeness (QED) is 0.664. The molecular weight excluding hydrogens is 374 g/mol. The van der Waals surface area contributed by atoms with Crippen LogP contribution in [-0.4, -0.2) is 31.8 Å². The van der Waals surface area contributed by atoms with E-state index in [9.17, 15) is 13.2 Å². The summed E-state index contributed by atoms with van der Waals surface area (Å²) in [6.07, 6.45) is 0. The monoisotopic (exact) mass is 395 g/mol. The SMILES string of the molecule is CCN(CC)S(=O)(=O)c1cc(C(=O)OCc2ccc(C)cc2)ccc1Cl. The van der Waals surface area contributed by atoms with Crippen molar-refractivity contribution in [1.29, 1.82) is 0 Å². The highest BCUT2D eigenvalue weighted by molar-refractivity contribution is 7.89. The lowest BCUT2D eigenvalue weighted by Gasteiger charge is -2.19. The zero-order chi connectivity index (χ0) is 19.3. The molecule has 0 saturated carbocycles. The third kappa shape index (κ3) is 4.63. The summed E-state index contributed by atoms with van der Waals surface area (Å²) in [5.41, 5.74) is 2.12. The van der Waals surface area contributed by atoms with E-state index in [2.05, 4.69) is 0 Å². The lowest BCUT2D eigenvalue weighted by Crippen LogP contribution is -2.31. The maximum Gasteiger partial charge on any atom is 0.338 e. The molecule has 0 N–H and O–H groups in total. The van der Waals surface area contributed by atoms with Gasteiger partial charge >= 0.3 is 5.97 Å². The molecule has 0 aliphatic rings. The number of aryl methyl sites for hydroxylation is 1. The Morgan fingerprint density at radius 1 is 1.08 bits per heavy atom. The topological polar surface area (TPSA) is 63.7 Å². The third-order valence-corrected chi connectivity index (χ3v) is 6.51. The molecule has 0 fully saturated rings. The van der Waals surface area contributed by atoms with Crippen molar-refractivity contribution in [2.24, 2.45) is 0 Å². The van der Waals surface area contributed by atoms with Crippen molar-refractivity contribution in [2.45, 2.75) is 32.3 Å². The molecule has 26 heavy (non-hydrogen) atoms. The minimum atomic E-state index is -3.77. The van der Waals surface area contributed by atoms with Crippen molar-refractivity contribution < 1.29 is 17.9 Å². The summed E-state index contributed by atoms with van der Waals surface area (Å²) in [5.74, 6) is -0.599. The summed E-state index contributed by atoms with van der Waals surface area (Å²) < 4.78 is 32.0. The van der Waals surface area contributed by atoms with Crippen LogP contribution in [0.2, 0.25) is 5.02 Å². The lowest BCUT2D eigenvalue weighted by molar-refractivity contribution is 0.0472. The fourth-order valence-corrected chi connectivity index (χ4v) is 4.41. The summed E-state index contributed by atoms with van der Waals surface area (Å²) in [6, 6.07) is 11.7. The van der Waals surface area contributed by atoms with Gasteiger partial charge in [-0.25, -0.2) is 13.2 Å². The number of nitrogens with zero attached hydrogens (tertiary/aromatic N) is 1. The molecule has 0 atom stereocenters. The van der Waals surface area contributed by atoms with Gasteiger partial charge in [0.05, 0.1) is 10.6 Å². The second-order valence-electron chi connectivity index (χ2n) is 5.80. The maximum atomic E-state index is 12.7. The van der Waals surface area contributed by atoms with Gasteiger partial charge in [0, 0.05) is 13.1 Å². The van der Waals surface area contributed by atoms with E-state index >= 15 is 0 Å². The van der Waals surface area contributed by atoms with Gasteiger partial charge in [0.2, 0.25) is 10.0 Å². The third-order valence-electron chi connectivity index (χ3n) is 3.98. The molecule has 0 saturated heterocycles. The van der Waals surface area contributed by atoms with Crippen molar-refractivity contribution in [2.75, 3.05) is 13.1 Å². The highest BCUT2D eigenvalue weighted by Gasteiger charge is 2.25. The Hall–Kier alpha value is -1.89. The number of benzene rings is 2. The molecule has 5 nitrogen and oxygen atoms in total. The molecule has 140 valence electrons. The molecule has 0 aliphatic heterocycles. The van der Waals surface area contributed by atoms with Crippen LogP contribution < -0.4 is 0 Å². The predicted molar refractivity (Wildman–Crippen MR) is 102 cm³/mol. The summed E-state index contributed by atoms with van der Waals surface area (Å²) in [7, 11) is -3.77. The summed E-state index contributed by atoms with van der Waals surface area (Å²) in [4.78, 5) is 12.2. The first-order chi connectivity index (χ1) is 12.3. The first kappa shape index (κ1) is 20.4. The van der Waals surface area contributed by atoms with Crippen LogP contribution in [0.3, 0.4) is 0 Å². The number of rotatable bonds is 7. The van der Waals surface area contributed by atoms with E-state index in [-0.39, 0.29) is 22.1 Å². The van der Waals surface area contributed by atoms with E-state index in [1.165, 1.54) is 22.5 Å². The van der Waals surface area contributed by atoms with E-state index in [1.54, 1.807) is 13.8 Å². The van der Waals surface area contributed by atoms with Crippen LogP contribution in [0, 0.1) is 6.92 Å². The van der Waals surface area contributed by atoms with Gasteiger partial charge in [0.25, 0.3) is 0 Å². The number of carbonyl (C=O) groups is 1. The fraction of sp³-hybridized carbons (Fsp3) is 0.316. The van der Waals surface area contributed by atoms with Crippen molar-refractivity contribution in [1.82, 2.24) is 4.31 Å². The van der Waals surface area contributed by atoms with Crippen LogP contribution in [-0.2, 0) is 21.4 Å². The van der Waals surface area contributed by atoms with Crippen molar-refractivity contribution in [3.63, 3.8) is 0 Å². The number of ether oxygens (including phenoxy) is 1. The Bertz CT molecular complexity index is 875. The molecule has 0 aromatic heterocycles. The maximum absolute atomic E-state index is 12.7. The Morgan fingerprint density at radius 2 is 1.69 bits per heavy atom. The van der Waals surface area contributed by atoms with Crippen LogP contribution in [0.4, 0.5) is 0 Å². The fourth-order valence-electron chi connectivity index (χ4n) is 2.45. The Kier molecular flexibility index (Phi) is 6.81. The Balaban J connectivity index is 2.22. The minimum Gasteiger partial charge on any atom is -0.457 e. The second kappa shape index (κ2) is 8.66. The van der Waals surface area contributed by atoms with E-state index in [0.29, 0.717) is 13.1 Å². The van der Waals surface area contributed by atoms with Gasteiger partial charge in [0.15, 0.2) is 0 Å². The van der Waals surface area contributed by atoms with E-state index in [4.69, 9.17) is 16.3 Å². The van der Waals surface area contributed by atoms with Gasteiger partial charge < -0.3 is 4.74 Å². The van der Waals surface area contributed by atoms with Crippen LogP contribution in [0.1, 0.15) is 35.3 Å². The molecule has 0 amide bonds. The first-order valence-corrected chi connectivity index (χ1v) is 10.1. The smallest absolute Gasteiger partial charge is 0.338 e. The zero-order valence-electron chi connectivity index (χ0n) is 15.0. The van der Waals surface area contributed by atoms with E-state index in [1.807, 2.05) is 31.2 Å². The molecular formula is C19H22ClNO4S. The van der Waals surface area contributed by atoms with Gasteiger partial charge in [0.1, 0.15) is 11.5 Å². The first-order valence-electron chi connectivity index (χ1n) is 8.32. The van der Waals surface area contributed by atoms with Gasteiger partial charge in [-0.1, -0.05) is 55.3 Å². The zero-order valence-corrected chi connectivity index (χ0v) is 16.6. The van der Waals surface area contributed by atoms with Crippen LogP contribution in [0.15, 0.2) is 47.4 Å². The molecule has 2 aromatic rings. The van der Waals surface area contributed by atoms with Gasteiger partial charge in [-0.05, 0) is 30.7 Å². The number of halogens is 1. The largest absolute Gasteiger partial charge is 0.457 e. The second-order valence-corrected chi connectivity index (χ2v) is 8.11. The molecule has 7 heteroatoms. The van der Waals surface area contributed by atoms with Crippen molar-refractivity contribution in [3.05, 3.63) is 64.2 Å². The lowest BCUT2D eigenvalue weighted by atomic mass is 10.2. The Morgan fingerprint density at radius 3 is 2.27 bits per heavy atom. The molecule has 0 heterocycles. The predicted octanol–water partition coefficient (Wildman–Crippen LogP) is 4.04. The molecule has 0 unspecified atom stereocenters. The normalized spacial score (nSPS) is 11.6. The van der Waals surface area contributed by atoms with Crippen LogP contribution in [0.5, 0.6) is 0 Å². The number of sulfonamides is 1.